The Balaban J connectivity index is 1.82. The van der Waals surface area contributed by atoms with E-state index in [9.17, 15) is 4.79 Å². The van der Waals surface area contributed by atoms with E-state index in [2.05, 4.69) is 39.8 Å². The van der Waals surface area contributed by atoms with Gasteiger partial charge in [-0.1, -0.05) is 60.7 Å². The predicted octanol–water partition coefficient (Wildman–Crippen LogP) is 3.49. The summed E-state index contributed by atoms with van der Waals surface area (Å²) >= 11 is 0. The van der Waals surface area contributed by atoms with E-state index in [0.29, 0.717) is 11.5 Å². The van der Waals surface area contributed by atoms with Gasteiger partial charge in [-0.25, -0.2) is 0 Å². The number of nitrogens with zero attached hydrogens (tertiary/aromatic N) is 3. The molecule has 0 aliphatic rings. The molecule has 0 bridgehead atoms. The molecule has 0 radical (unpaired) electrons. The Morgan fingerprint density at radius 3 is 1.85 bits per heavy atom. The summed E-state index contributed by atoms with van der Waals surface area (Å²) in [6.45, 7) is 2.02. The number of hydrogen-bond donors (Lipinski definition) is 1. The van der Waals surface area contributed by atoms with Gasteiger partial charge in [-0.3, -0.25) is 4.79 Å². The van der Waals surface area contributed by atoms with E-state index in [-0.39, 0.29) is 17.9 Å². The average molecular weight is 360 g/mol. The van der Waals surface area contributed by atoms with Crippen molar-refractivity contribution in [1.29, 1.82) is 0 Å². The summed E-state index contributed by atoms with van der Waals surface area (Å²) in [6, 6.07) is 23.8. The standard InChI is InChI=1S/C22H24N4O/c1-16(23-22(27)19-14-15-20(25-24-19)26(2)3)21(17-10-6-4-7-11-17)18-12-8-5-9-13-18/h4-16,21H,1-3H3,(H,23,27). The number of hydrogen-bond acceptors (Lipinski definition) is 4. The van der Waals surface area contributed by atoms with E-state index in [1.807, 2.05) is 62.3 Å². The van der Waals surface area contributed by atoms with Crippen molar-refractivity contribution in [3.05, 3.63) is 89.6 Å². The van der Waals surface area contributed by atoms with Crippen LogP contribution in [0.1, 0.15) is 34.5 Å². The molecular weight excluding hydrogens is 336 g/mol. The minimum Gasteiger partial charge on any atom is -0.361 e. The maximum absolute atomic E-state index is 12.7. The maximum atomic E-state index is 12.7. The fourth-order valence-corrected chi connectivity index (χ4v) is 3.14. The number of anilines is 1. The van der Waals surface area contributed by atoms with E-state index in [4.69, 9.17) is 0 Å². The molecule has 3 aromatic rings. The number of amides is 1. The Kier molecular flexibility index (Phi) is 5.81. The molecule has 0 aliphatic carbocycles. The molecule has 1 aromatic heterocycles. The minimum atomic E-state index is -0.225. The summed E-state index contributed by atoms with van der Waals surface area (Å²) in [7, 11) is 3.77. The molecule has 3 rings (SSSR count). The maximum Gasteiger partial charge on any atom is 0.272 e. The fraction of sp³-hybridized carbons (Fsp3) is 0.227. The largest absolute Gasteiger partial charge is 0.361 e. The Labute approximate surface area is 160 Å². The van der Waals surface area contributed by atoms with Crippen molar-refractivity contribution in [2.75, 3.05) is 19.0 Å². The second-order valence-electron chi connectivity index (χ2n) is 6.73. The second kappa shape index (κ2) is 8.45. The van der Waals surface area contributed by atoms with Crippen LogP contribution in [-0.2, 0) is 0 Å². The zero-order valence-corrected chi connectivity index (χ0v) is 15.8. The monoisotopic (exact) mass is 360 g/mol. The first-order chi connectivity index (χ1) is 13.1. The van der Waals surface area contributed by atoms with Crippen molar-refractivity contribution < 1.29 is 4.79 Å². The molecule has 0 aliphatic heterocycles. The van der Waals surface area contributed by atoms with Crippen molar-refractivity contribution in [3.8, 4) is 0 Å². The number of benzene rings is 2. The normalized spacial score (nSPS) is 11.9. The lowest BCUT2D eigenvalue weighted by Gasteiger charge is -2.26. The van der Waals surface area contributed by atoms with Gasteiger partial charge in [0, 0.05) is 26.1 Å². The van der Waals surface area contributed by atoms with Gasteiger partial charge in [-0.05, 0) is 30.2 Å². The summed E-state index contributed by atoms with van der Waals surface area (Å²) < 4.78 is 0. The molecule has 1 amide bonds. The van der Waals surface area contributed by atoms with Crippen molar-refractivity contribution in [2.45, 2.75) is 18.9 Å². The Bertz CT molecular complexity index is 824. The number of nitrogens with one attached hydrogen (secondary N) is 1. The second-order valence-corrected chi connectivity index (χ2v) is 6.73. The molecule has 0 fully saturated rings. The van der Waals surface area contributed by atoms with E-state index in [1.165, 1.54) is 0 Å². The molecule has 0 saturated heterocycles. The van der Waals surface area contributed by atoms with Gasteiger partial charge in [0.1, 0.15) is 0 Å². The van der Waals surface area contributed by atoms with E-state index < -0.39 is 0 Å². The lowest BCUT2D eigenvalue weighted by atomic mass is 9.86. The van der Waals surface area contributed by atoms with Crippen LogP contribution in [-0.4, -0.2) is 36.2 Å². The number of rotatable bonds is 6. The van der Waals surface area contributed by atoms with Crippen LogP contribution in [0.5, 0.6) is 0 Å². The molecule has 1 unspecified atom stereocenters. The Morgan fingerprint density at radius 1 is 0.852 bits per heavy atom. The minimum absolute atomic E-state index is 0.0466. The third kappa shape index (κ3) is 4.50. The summed E-state index contributed by atoms with van der Waals surface area (Å²) in [5, 5.41) is 11.2. The van der Waals surface area contributed by atoms with Crippen LogP contribution in [0.15, 0.2) is 72.8 Å². The van der Waals surface area contributed by atoms with Crippen LogP contribution in [0.4, 0.5) is 5.82 Å². The lowest BCUT2D eigenvalue weighted by Crippen LogP contribution is -2.38. The number of carbonyl (C=O) groups excluding carboxylic acids is 1. The molecule has 1 heterocycles. The van der Waals surface area contributed by atoms with Gasteiger partial charge in [0.25, 0.3) is 5.91 Å². The van der Waals surface area contributed by atoms with Crippen LogP contribution < -0.4 is 10.2 Å². The van der Waals surface area contributed by atoms with Gasteiger partial charge >= 0.3 is 0 Å². The Morgan fingerprint density at radius 2 is 1.41 bits per heavy atom. The van der Waals surface area contributed by atoms with Crippen LogP contribution in [0.3, 0.4) is 0 Å². The quantitative estimate of drug-likeness (QED) is 0.731. The van der Waals surface area contributed by atoms with E-state index in [0.717, 1.165) is 11.1 Å². The van der Waals surface area contributed by atoms with Gasteiger partial charge in [0.05, 0.1) is 0 Å². The summed E-state index contributed by atoms with van der Waals surface area (Å²) in [6.07, 6.45) is 0. The highest BCUT2D eigenvalue weighted by atomic mass is 16.2. The highest BCUT2D eigenvalue weighted by molar-refractivity contribution is 5.92. The number of carbonyl (C=O) groups is 1. The third-order valence-corrected chi connectivity index (χ3v) is 4.52. The molecular formula is C22H24N4O. The molecule has 0 spiro atoms. The van der Waals surface area contributed by atoms with Crippen LogP contribution in [0.25, 0.3) is 0 Å². The van der Waals surface area contributed by atoms with Crippen LogP contribution in [0, 0.1) is 0 Å². The fourth-order valence-electron chi connectivity index (χ4n) is 3.14. The van der Waals surface area contributed by atoms with Gasteiger partial charge in [0.2, 0.25) is 0 Å². The molecule has 1 atom stereocenters. The van der Waals surface area contributed by atoms with Crippen molar-refractivity contribution in [2.24, 2.45) is 0 Å². The van der Waals surface area contributed by atoms with E-state index >= 15 is 0 Å². The molecule has 0 saturated carbocycles. The zero-order chi connectivity index (χ0) is 19.2. The molecule has 5 heteroatoms. The number of aromatic nitrogens is 2. The molecule has 5 nitrogen and oxygen atoms in total. The highest BCUT2D eigenvalue weighted by Crippen LogP contribution is 2.28. The van der Waals surface area contributed by atoms with Crippen molar-refractivity contribution in [3.63, 3.8) is 0 Å². The summed E-state index contributed by atoms with van der Waals surface area (Å²) in [5.74, 6) is 0.536. The van der Waals surface area contributed by atoms with Gasteiger partial charge < -0.3 is 10.2 Å². The average Bonchev–Trinajstić information content (AvgIpc) is 2.70. The first kappa shape index (κ1) is 18.6. The smallest absolute Gasteiger partial charge is 0.272 e. The molecule has 138 valence electrons. The SMILES string of the molecule is CC(NC(=O)c1ccc(N(C)C)nn1)C(c1ccccc1)c1ccccc1. The first-order valence-corrected chi connectivity index (χ1v) is 8.98. The third-order valence-electron chi connectivity index (χ3n) is 4.52. The van der Waals surface area contributed by atoms with Crippen LogP contribution >= 0.6 is 0 Å². The van der Waals surface area contributed by atoms with Crippen molar-refractivity contribution >= 4 is 11.7 Å². The van der Waals surface area contributed by atoms with E-state index in [1.54, 1.807) is 12.1 Å². The van der Waals surface area contributed by atoms with Gasteiger partial charge in [-0.15, -0.1) is 10.2 Å². The lowest BCUT2D eigenvalue weighted by molar-refractivity contribution is 0.0931. The zero-order valence-electron chi connectivity index (χ0n) is 15.8. The van der Waals surface area contributed by atoms with Crippen LogP contribution in [0.2, 0.25) is 0 Å². The molecule has 2 aromatic carbocycles. The summed E-state index contributed by atoms with van der Waals surface area (Å²) in [5.41, 5.74) is 2.63. The highest BCUT2D eigenvalue weighted by Gasteiger charge is 2.23. The van der Waals surface area contributed by atoms with Crippen molar-refractivity contribution in [1.82, 2.24) is 15.5 Å². The predicted molar refractivity (Wildman–Crippen MR) is 108 cm³/mol. The summed E-state index contributed by atoms with van der Waals surface area (Å²) in [4.78, 5) is 14.5. The van der Waals surface area contributed by atoms with Gasteiger partial charge in [-0.2, -0.15) is 0 Å². The molecule has 1 N–H and O–H groups in total. The molecule has 27 heavy (non-hydrogen) atoms. The topological polar surface area (TPSA) is 58.1 Å². The van der Waals surface area contributed by atoms with Gasteiger partial charge in [0.15, 0.2) is 11.5 Å². The Hall–Kier alpha value is -3.21. The first-order valence-electron chi connectivity index (χ1n) is 8.98.